The number of sulfonamides is 1. The van der Waals surface area contributed by atoms with Crippen molar-refractivity contribution in [3.63, 3.8) is 0 Å². The number of carbonyl (C=O) groups is 2. The standard InChI is InChI=1S/C23H26N4O5S/c1-15-22(16(2)32-26-15)14-27(4)23(29)19-7-5-18(6-8-19)13-24-33(30,31)21-11-9-20(10-12-21)25-17(3)28/h5-12,24H,13-14H2,1-4H3,(H,25,28). The molecule has 0 fully saturated rings. The first kappa shape index (κ1) is 24.1. The number of hydrogen-bond donors (Lipinski definition) is 2. The maximum Gasteiger partial charge on any atom is 0.253 e. The topological polar surface area (TPSA) is 122 Å². The van der Waals surface area contributed by atoms with Crippen molar-refractivity contribution in [3.05, 3.63) is 76.7 Å². The number of benzene rings is 2. The predicted molar refractivity (Wildman–Crippen MR) is 123 cm³/mol. The van der Waals surface area contributed by atoms with Crippen molar-refractivity contribution >= 4 is 27.5 Å². The lowest BCUT2D eigenvalue weighted by Gasteiger charge is -2.17. The van der Waals surface area contributed by atoms with E-state index in [9.17, 15) is 18.0 Å². The van der Waals surface area contributed by atoms with Gasteiger partial charge in [0.2, 0.25) is 15.9 Å². The van der Waals surface area contributed by atoms with E-state index >= 15 is 0 Å². The largest absolute Gasteiger partial charge is 0.361 e. The van der Waals surface area contributed by atoms with E-state index in [4.69, 9.17) is 4.52 Å². The third-order valence-corrected chi connectivity index (χ3v) is 6.49. The Morgan fingerprint density at radius 1 is 1.03 bits per heavy atom. The number of hydrogen-bond acceptors (Lipinski definition) is 6. The Bertz CT molecular complexity index is 1230. The van der Waals surface area contributed by atoms with Gasteiger partial charge in [-0.2, -0.15) is 0 Å². The number of anilines is 1. The van der Waals surface area contributed by atoms with Gasteiger partial charge in [-0.05, 0) is 55.8 Å². The summed E-state index contributed by atoms with van der Waals surface area (Å²) in [5.74, 6) is 0.279. The van der Waals surface area contributed by atoms with Gasteiger partial charge in [-0.25, -0.2) is 13.1 Å². The van der Waals surface area contributed by atoms with Crippen LogP contribution in [0.15, 0.2) is 57.9 Å². The highest BCUT2D eigenvalue weighted by Crippen LogP contribution is 2.17. The molecule has 0 aliphatic heterocycles. The highest BCUT2D eigenvalue weighted by atomic mass is 32.2. The van der Waals surface area contributed by atoms with Crippen molar-refractivity contribution in [2.75, 3.05) is 12.4 Å². The Morgan fingerprint density at radius 2 is 1.67 bits per heavy atom. The van der Waals surface area contributed by atoms with Gasteiger partial charge in [0.05, 0.1) is 17.1 Å². The summed E-state index contributed by atoms with van der Waals surface area (Å²) in [7, 11) is -2.03. The quantitative estimate of drug-likeness (QED) is 0.522. The molecule has 1 heterocycles. The van der Waals surface area contributed by atoms with Gasteiger partial charge in [0.15, 0.2) is 0 Å². The van der Waals surface area contributed by atoms with Crippen LogP contribution in [-0.4, -0.2) is 37.3 Å². The number of aromatic nitrogens is 1. The fourth-order valence-corrected chi connectivity index (χ4v) is 4.22. The van der Waals surface area contributed by atoms with Crippen molar-refractivity contribution in [2.45, 2.75) is 38.8 Å². The monoisotopic (exact) mass is 470 g/mol. The minimum atomic E-state index is -3.73. The van der Waals surface area contributed by atoms with Crippen LogP contribution in [0.25, 0.3) is 0 Å². The van der Waals surface area contributed by atoms with E-state index in [-0.39, 0.29) is 23.3 Å². The van der Waals surface area contributed by atoms with Crippen molar-refractivity contribution in [2.24, 2.45) is 0 Å². The molecule has 0 spiro atoms. The lowest BCUT2D eigenvalue weighted by atomic mass is 10.1. The highest BCUT2D eigenvalue weighted by Gasteiger charge is 2.17. The first-order valence-corrected chi connectivity index (χ1v) is 11.7. The van der Waals surface area contributed by atoms with Crippen molar-refractivity contribution in [1.29, 1.82) is 0 Å². The zero-order valence-electron chi connectivity index (χ0n) is 18.9. The summed E-state index contributed by atoms with van der Waals surface area (Å²) in [5, 5.41) is 6.49. The molecule has 174 valence electrons. The minimum absolute atomic E-state index is 0.0686. The SMILES string of the molecule is CC(=O)Nc1ccc(S(=O)(=O)NCc2ccc(C(=O)N(C)Cc3c(C)noc3C)cc2)cc1. The molecule has 0 radical (unpaired) electrons. The molecule has 2 amide bonds. The predicted octanol–water partition coefficient (Wildman–Crippen LogP) is 3.00. The zero-order chi connectivity index (χ0) is 24.2. The van der Waals surface area contributed by atoms with Crippen molar-refractivity contribution in [3.8, 4) is 0 Å². The summed E-state index contributed by atoms with van der Waals surface area (Å²) >= 11 is 0. The van der Waals surface area contributed by atoms with Gasteiger partial charge in [0, 0.05) is 37.3 Å². The van der Waals surface area contributed by atoms with E-state index in [1.54, 1.807) is 43.1 Å². The number of aryl methyl sites for hydroxylation is 2. The second-order valence-electron chi connectivity index (χ2n) is 7.69. The Balaban J connectivity index is 1.60. The third kappa shape index (κ3) is 6.05. The third-order valence-electron chi connectivity index (χ3n) is 5.08. The first-order chi connectivity index (χ1) is 15.6. The van der Waals surface area contributed by atoms with Gasteiger partial charge >= 0.3 is 0 Å². The van der Waals surface area contributed by atoms with Gasteiger partial charge in [0.1, 0.15) is 5.76 Å². The van der Waals surface area contributed by atoms with Crippen LogP contribution >= 0.6 is 0 Å². The van der Waals surface area contributed by atoms with E-state index in [0.717, 1.165) is 11.3 Å². The van der Waals surface area contributed by atoms with E-state index < -0.39 is 10.0 Å². The smallest absolute Gasteiger partial charge is 0.253 e. The molecule has 3 rings (SSSR count). The van der Waals surface area contributed by atoms with Crippen LogP contribution in [0.1, 0.15) is 39.9 Å². The van der Waals surface area contributed by atoms with Gasteiger partial charge in [-0.1, -0.05) is 17.3 Å². The molecule has 9 nitrogen and oxygen atoms in total. The van der Waals surface area contributed by atoms with Crippen LogP contribution in [-0.2, 0) is 27.9 Å². The maximum atomic E-state index is 12.7. The molecule has 0 saturated heterocycles. The summed E-state index contributed by atoms with van der Waals surface area (Å²) in [5.41, 5.74) is 3.34. The van der Waals surface area contributed by atoms with Gasteiger partial charge in [-0.15, -0.1) is 0 Å². The summed E-state index contributed by atoms with van der Waals surface area (Å²) in [6.07, 6.45) is 0. The molecule has 33 heavy (non-hydrogen) atoms. The van der Waals surface area contributed by atoms with E-state index in [1.165, 1.54) is 31.2 Å². The molecule has 0 atom stereocenters. The first-order valence-electron chi connectivity index (χ1n) is 10.2. The molecule has 0 aliphatic carbocycles. The van der Waals surface area contributed by atoms with E-state index in [1.807, 2.05) is 6.92 Å². The summed E-state index contributed by atoms with van der Waals surface area (Å²) in [6.45, 7) is 5.46. The molecular formula is C23H26N4O5S. The van der Waals surface area contributed by atoms with Crippen LogP contribution in [0.2, 0.25) is 0 Å². The molecule has 2 aromatic carbocycles. The maximum absolute atomic E-state index is 12.7. The Hall–Kier alpha value is -3.50. The molecule has 2 N–H and O–H groups in total. The summed E-state index contributed by atoms with van der Waals surface area (Å²) in [4.78, 5) is 25.5. The number of nitrogens with zero attached hydrogens (tertiary/aromatic N) is 2. The fraction of sp³-hybridized carbons (Fsp3) is 0.261. The van der Waals surface area contributed by atoms with Crippen LogP contribution in [0.3, 0.4) is 0 Å². The average Bonchev–Trinajstić information content (AvgIpc) is 3.09. The molecule has 0 unspecified atom stereocenters. The lowest BCUT2D eigenvalue weighted by Crippen LogP contribution is -2.27. The molecule has 0 bridgehead atoms. The highest BCUT2D eigenvalue weighted by molar-refractivity contribution is 7.89. The number of nitrogens with one attached hydrogen (secondary N) is 2. The molecule has 0 aliphatic rings. The normalized spacial score (nSPS) is 11.3. The number of carbonyl (C=O) groups excluding carboxylic acids is 2. The molecule has 1 aromatic heterocycles. The Labute approximate surface area is 192 Å². The van der Waals surface area contributed by atoms with E-state index in [2.05, 4.69) is 15.2 Å². The molecule has 0 saturated carbocycles. The summed E-state index contributed by atoms with van der Waals surface area (Å²) in [6, 6.07) is 12.6. The number of amides is 2. The average molecular weight is 471 g/mol. The lowest BCUT2D eigenvalue weighted by molar-refractivity contribution is -0.114. The molecular weight excluding hydrogens is 444 g/mol. The second-order valence-corrected chi connectivity index (χ2v) is 9.46. The fourth-order valence-electron chi connectivity index (χ4n) is 3.20. The Morgan fingerprint density at radius 3 is 2.21 bits per heavy atom. The van der Waals surface area contributed by atoms with Crippen LogP contribution in [0.5, 0.6) is 0 Å². The second kappa shape index (κ2) is 9.97. The Kier molecular flexibility index (Phi) is 7.29. The van der Waals surface area contributed by atoms with E-state index in [0.29, 0.717) is 29.1 Å². The van der Waals surface area contributed by atoms with Gasteiger partial charge < -0.3 is 14.7 Å². The van der Waals surface area contributed by atoms with Crippen LogP contribution in [0, 0.1) is 13.8 Å². The van der Waals surface area contributed by atoms with Crippen LogP contribution < -0.4 is 10.0 Å². The van der Waals surface area contributed by atoms with Crippen LogP contribution in [0.4, 0.5) is 5.69 Å². The van der Waals surface area contributed by atoms with Gasteiger partial charge in [-0.3, -0.25) is 9.59 Å². The van der Waals surface area contributed by atoms with Crippen molar-refractivity contribution < 1.29 is 22.5 Å². The van der Waals surface area contributed by atoms with Gasteiger partial charge in [0.25, 0.3) is 5.91 Å². The molecule has 3 aromatic rings. The zero-order valence-corrected chi connectivity index (χ0v) is 19.7. The number of rotatable bonds is 8. The minimum Gasteiger partial charge on any atom is -0.361 e. The summed E-state index contributed by atoms with van der Waals surface area (Å²) < 4.78 is 32.8. The van der Waals surface area contributed by atoms with Crippen molar-refractivity contribution in [1.82, 2.24) is 14.8 Å². The molecule has 10 heteroatoms.